The maximum atomic E-state index is 11.0. The fraction of sp³-hybridized carbons (Fsp3) is 0.182. The van der Waals surface area contributed by atoms with Gasteiger partial charge in [-0.15, -0.1) is 0 Å². The highest BCUT2D eigenvalue weighted by atomic mass is 16.1. The molecule has 0 amide bonds. The first-order valence-corrected chi connectivity index (χ1v) is 4.15. The minimum absolute atomic E-state index is 0.258. The number of carbonyl (C=O) groups excluding carboxylic acids is 1. The van der Waals surface area contributed by atoms with Crippen LogP contribution in [0, 0.1) is 0 Å². The van der Waals surface area contributed by atoms with E-state index in [0.717, 1.165) is 6.42 Å². The van der Waals surface area contributed by atoms with Crippen LogP contribution in [0.4, 0.5) is 0 Å². The summed E-state index contributed by atoms with van der Waals surface area (Å²) in [7, 11) is 0. The Hall–Kier alpha value is -1.37. The van der Waals surface area contributed by atoms with Crippen LogP contribution in [0.5, 0.6) is 0 Å². The van der Waals surface area contributed by atoms with Crippen molar-refractivity contribution in [2.45, 2.75) is 12.8 Å². The van der Waals surface area contributed by atoms with Crippen LogP contribution in [-0.2, 0) is 4.79 Å². The molecule has 60 valence electrons. The summed E-state index contributed by atoms with van der Waals surface area (Å²) in [4.78, 5) is 11.0. The van der Waals surface area contributed by atoms with Crippen molar-refractivity contribution in [1.82, 2.24) is 0 Å². The van der Waals surface area contributed by atoms with E-state index >= 15 is 0 Å². The second-order valence-electron chi connectivity index (χ2n) is 3.00. The molecule has 0 aliphatic heterocycles. The van der Waals surface area contributed by atoms with Gasteiger partial charge in [0.1, 0.15) is 0 Å². The predicted molar refractivity (Wildman–Crippen MR) is 48.7 cm³/mol. The van der Waals surface area contributed by atoms with E-state index in [9.17, 15) is 4.79 Å². The molecule has 0 radical (unpaired) electrons. The molecular weight excluding hydrogens is 148 g/mol. The topological polar surface area (TPSA) is 17.1 Å². The van der Waals surface area contributed by atoms with Crippen LogP contribution in [0.15, 0.2) is 36.4 Å². The Labute approximate surface area is 71.7 Å². The fourth-order valence-corrected chi connectivity index (χ4v) is 1.48. The van der Waals surface area contributed by atoms with Crippen molar-refractivity contribution in [3.05, 3.63) is 42.0 Å². The summed E-state index contributed by atoms with van der Waals surface area (Å²) in [6, 6.07) is 10.1. The molecule has 0 fully saturated rings. The third-order valence-electron chi connectivity index (χ3n) is 2.12. The van der Waals surface area contributed by atoms with E-state index in [4.69, 9.17) is 0 Å². The van der Waals surface area contributed by atoms with E-state index in [0.29, 0.717) is 6.42 Å². The summed E-state index contributed by atoms with van der Waals surface area (Å²) < 4.78 is 0. The van der Waals surface area contributed by atoms with E-state index in [1.54, 1.807) is 6.08 Å². The van der Waals surface area contributed by atoms with Crippen molar-refractivity contribution in [1.29, 1.82) is 0 Å². The maximum Gasteiger partial charge on any atom is 0.156 e. The first-order chi connectivity index (χ1) is 5.86. The molecule has 0 atom stereocenters. The summed E-state index contributed by atoms with van der Waals surface area (Å²) in [5.74, 6) is 0.258. The summed E-state index contributed by atoms with van der Waals surface area (Å²) in [6.45, 7) is 0. The second-order valence-corrected chi connectivity index (χ2v) is 3.00. The molecule has 12 heavy (non-hydrogen) atoms. The lowest BCUT2D eigenvalue weighted by Crippen LogP contribution is -1.80. The van der Waals surface area contributed by atoms with Crippen molar-refractivity contribution in [2.24, 2.45) is 0 Å². The van der Waals surface area contributed by atoms with E-state index in [1.807, 2.05) is 30.3 Å². The highest BCUT2D eigenvalue weighted by Crippen LogP contribution is 2.24. The molecule has 1 aromatic rings. The normalized spacial score (nSPS) is 16.3. The summed E-state index contributed by atoms with van der Waals surface area (Å²) in [5.41, 5.74) is 2.36. The lowest BCUT2D eigenvalue weighted by Gasteiger charge is -1.98. The van der Waals surface area contributed by atoms with Gasteiger partial charge in [-0.1, -0.05) is 30.3 Å². The highest BCUT2D eigenvalue weighted by Gasteiger charge is 2.12. The quantitative estimate of drug-likeness (QED) is 0.613. The van der Waals surface area contributed by atoms with Gasteiger partial charge in [-0.2, -0.15) is 0 Å². The first kappa shape index (κ1) is 7.29. The van der Waals surface area contributed by atoms with Gasteiger partial charge < -0.3 is 0 Å². The minimum atomic E-state index is 0.258. The molecule has 0 saturated carbocycles. The van der Waals surface area contributed by atoms with Gasteiger partial charge >= 0.3 is 0 Å². The molecular formula is C11H10O. The number of rotatable bonds is 1. The van der Waals surface area contributed by atoms with Crippen molar-refractivity contribution < 1.29 is 4.79 Å². The molecule has 1 heteroatoms. The molecule has 0 bridgehead atoms. The fourth-order valence-electron chi connectivity index (χ4n) is 1.48. The number of allylic oxidation sites excluding steroid dienone is 2. The Morgan fingerprint density at radius 2 is 1.75 bits per heavy atom. The largest absolute Gasteiger partial charge is 0.295 e. The van der Waals surface area contributed by atoms with E-state index in [1.165, 1.54) is 11.1 Å². The van der Waals surface area contributed by atoms with Gasteiger partial charge in [-0.05, 0) is 23.6 Å². The van der Waals surface area contributed by atoms with Crippen molar-refractivity contribution in [2.75, 3.05) is 0 Å². The van der Waals surface area contributed by atoms with Crippen LogP contribution in [0.25, 0.3) is 5.57 Å². The molecule has 2 rings (SSSR count). The van der Waals surface area contributed by atoms with Crippen LogP contribution >= 0.6 is 0 Å². The van der Waals surface area contributed by atoms with Crippen LogP contribution in [0.3, 0.4) is 0 Å². The molecule has 1 nitrogen and oxygen atoms in total. The molecule has 0 unspecified atom stereocenters. The maximum absolute atomic E-state index is 11.0. The molecule has 0 spiro atoms. The Kier molecular flexibility index (Phi) is 1.78. The SMILES string of the molecule is O=C1C=C(c2ccccc2)CC1. The van der Waals surface area contributed by atoms with Crippen LogP contribution in [0.1, 0.15) is 18.4 Å². The number of carbonyl (C=O) groups is 1. The first-order valence-electron chi connectivity index (χ1n) is 4.15. The zero-order valence-electron chi connectivity index (χ0n) is 6.79. The lowest BCUT2D eigenvalue weighted by atomic mass is 10.1. The average molecular weight is 158 g/mol. The number of hydrogen-bond acceptors (Lipinski definition) is 1. The van der Waals surface area contributed by atoms with E-state index in [-0.39, 0.29) is 5.78 Å². The Morgan fingerprint density at radius 1 is 1.00 bits per heavy atom. The molecule has 1 aliphatic carbocycles. The zero-order valence-corrected chi connectivity index (χ0v) is 6.79. The Balaban J connectivity index is 2.33. The third-order valence-corrected chi connectivity index (χ3v) is 2.12. The molecule has 0 heterocycles. The number of ketones is 1. The average Bonchev–Trinajstić information content (AvgIpc) is 2.54. The van der Waals surface area contributed by atoms with Gasteiger partial charge in [0, 0.05) is 6.42 Å². The highest BCUT2D eigenvalue weighted by molar-refractivity contribution is 6.01. The monoisotopic (exact) mass is 158 g/mol. The second kappa shape index (κ2) is 2.94. The van der Waals surface area contributed by atoms with Gasteiger partial charge in [0.15, 0.2) is 5.78 Å². The van der Waals surface area contributed by atoms with Crippen LogP contribution in [-0.4, -0.2) is 5.78 Å². The molecule has 0 saturated heterocycles. The van der Waals surface area contributed by atoms with Crippen LogP contribution < -0.4 is 0 Å². The van der Waals surface area contributed by atoms with Gasteiger partial charge in [-0.25, -0.2) is 0 Å². The zero-order chi connectivity index (χ0) is 8.39. The lowest BCUT2D eigenvalue weighted by molar-refractivity contribution is -0.114. The van der Waals surface area contributed by atoms with Gasteiger partial charge in [0.05, 0.1) is 0 Å². The smallest absolute Gasteiger partial charge is 0.156 e. The molecule has 1 aromatic carbocycles. The summed E-state index contributed by atoms with van der Waals surface area (Å²) in [5, 5.41) is 0. The third kappa shape index (κ3) is 1.30. The van der Waals surface area contributed by atoms with Gasteiger partial charge in [-0.3, -0.25) is 4.79 Å². The standard InChI is InChI=1S/C11H10O/c12-11-7-6-10(8-11)9-4-2-1-3-5-9/h1-5,8H,6-7H2. The number of hydrogen-bond donors (Lipinski definition) is 0. The van der Waals surface area contributed by atoms with Gasteiger partial charge in [0.25, 0.3) is 0 Å². The van der Waals surface area contributed by atoms with Crippen molar-refractivity contribution >= 4 is 11.4 Å². The number of benzene rings is 1. The van der Waals surface area contributed by atoms with Crippen LogP contribution in [0.2, 0.25) is 0 Å². The Morgan fingerprint density at radius 3 is 2.33 bits per heavy atom. The van der Waals surface area contributed by atoms with Crippen molar-refractivity contribution in [3.8, 4) is 0 Å². The van der Waals surface area contributed by atoms with Gasteiger partial charge in [0.2, 0.25) is 0 Å². The molecule has 0 N–H and O–H groups in total. The summed E-state index contributed by atoms with van der Waals surface area (Å²) >= 11 is 0. The van der Waals surface area contributed by atoms with E-state index in [2.05, 4.69) is 0 Å². The Bertz CT molecular complexity index is 322. The van der Waals surface area contributed by atoms with Crippen molar-refractivity contribution in [3.63, 3.8) is 0 Å². The van der Waals surface area contributed by atoms with E-state index < -0.39 is 0 Å². The minimum Gasteiger partial charge on any atom is -0.295 e. The molecule has 1 aliphatic rings. The predicted octanol–water partition coefficient (Wildman–Crippen LogP) is 2.43. The summed E-state index contributed by atoms with van der Waals surface area (Å²) in [6.07, 6.45) is 3.35. The molecule has 0 aromatic heterocycles.